The number of carbonyl (C=O) groups excluding carboxylic acids is 1. The first-order chi connectivity index (χ1) is 10.7. The quantitative estimate of drug-likeness (QED) is 0.809. The van der Waals surface area contributed by atoms with Gasteiger partial charge < -0.3 is 25.2 Å². The second-order valence-corrected chi connectivity index (χ2v) is 4.85. The summed E-state index contributed by atoms with van der Waals surface area (Å²) in [6, 6.07) is 12.3. The largest absolute Gasteiger partial charge is 0.454 e. The Labute approximate surface area is 127 Å². The molecule has 1 aliphatic rings. The van der Waals surface area contributed by atoms with Crippen LogP contribution in [0.4, 0.5) is 10.5 Å². The van der Waals surface area contributed by atoms with Crippen LogP contribution in [0, 0.1) is 0 Å². The number of urea groups is 1. The lowest BCUT2D eigenvalue weighted by atomic mass is 10.1. The van der Waals surface area contributed by atoms with E-state index in [2.05, 4.69) is 10.6 Å². The van der Waals surface area contributed by atoms with E-state index < -0.39 is 0 Å². The topological polar surface area (TPSA) is 79.8 Å². The molecular formula is C16H16N2O4. The van der Waals surface area contributed by atoms with Gasteiger partial charge in [-0.25, -0.2) is 4.79 Å². The number of amides is 2. The molecule has 2 amide bonds. The third-order valence-electron chi connectivity index (χ3n) is 3.29. The van der Waals surface area contributed by atoms with E-state index in [1.807, 2.05) is 24.3 Å². The molecule has 0 aromatic heterocycles. The average Bonchev–Trinajstić information content (AvgIpc) is 3.01. The number of nitrogens with one attached hydrogen (secondary N) is 2. The summed E-state index contributed by atoms with van der Waals surface area (Å²) in [7, 11) is 0. The number of carbonyl (C=O) groups is 1. The van der Waals surface area contributed by atoms with Crippen LogP contribution in [0.5, 0.6) is 11.5 Å². The predicted octanol–water partition coefficient (Wildman–Crippen LogP) is 2.23. The highest BCUT2D eigenvalue weighted by molar-refractivity contribution is 5.89. The van der Waals surface area contributed by atoms with Crippen molar-refractivity contribution in [1.29, 1.82) is 0 Å². The number of aliphatic hydroxyl groups is 1. The van der Waals surface area contributed by atoms with Gasteiger partial charge >= 0.3 is 6.03 Å². The van der Waals surface area contributed by atoms with E-state index >= 15 is 0 Å². The highest BCUT2D eigenvalue weighted by atomic mass is 16.7. The van der Waals surface area contributed by atoms with E-state index in [1.54, 1.807) is 18.2 Å². The van der Waals surface area contributed by atoms with Crippen LogP contribution in [0.2, 0.25) is 0 Å². The lowest BCUT2D eigenvalue weighted by molar-refractivity contribution is 0.174. The van der Waals surface area contributed by atoms with Crippen LogP contribution in [0.1, 0.15) is 11.1 Å². The summed E-state index contributed by atoms with van der Waals surface area (Å²) in [6.45, 7) is 0.620. The summed E-state index contributed by atoms with van der Waals surface area (Å²) >= 11 is 0. The molecular weight excluding hydrogens is 284 g/mol. The van der Waals surface area contributed by atoms with Crippen molar-refractivity contribution in [2.75, 3.05) is 12.1 Å². The Morgan fingerprint density at radius 1 is 1.05 bits per heavy atom. The summed E-state index contributed by atoms with van der Waals surface area (Å²) in [5.74, 6) is 1.30. The van der Waals surface area contributed by atoms with Crippen molar-refractivity contribution in [3.8, 4) is 11.5 Å². The van der Waals surface area contributed by atoms with Crippen LogP contribution < -0.4 is 20.1 Å². The molecule has 22 heavy (non-hydrogen) atoms. The molecule has 0 spiro atoms. The summed E-state index contributed by atoms with van der Waals surface area (Å²) in [4.78, 5) is 11.9. The Bertz CT molecular complexity index is 670. The minimum atomic E-state index is -0.301. The fourth-order valence-electron chi connectivity index (χ4n) is 2.09. The second-order valence-electron chi connectivity index (χ2n) is 4.85. The third kappa shape index (κ3) is 3.29. The van der Waals surface area contributed by atoms with Gasteiger partial charge in [0, 0.05) is 18.3 Å². The molecule has 3 rings (SSSR count). The van der Waals surface area contributed by atoms with Crippen molar-refractivity contribution in [2.45, 2.75) is 13.2 Å². The normalized spacial score (nSPS) is 12.0. The number of hydrogen-bond acceptors (Lipinski definition) is 4. The van der Waals surface area contributed by atoms with E-state index in [4.69, 9.17) is 14.6 Å². The molecule has 0 bridgehead atoms. The molecule has 1 aliphatic heterocycles. The predicted molar refractivity (Wildman–Crippen MR) is 80.8 cm³/mol. The first-order valence-electron chi connectivity index (χ1n) is 6.88. The van der Waals surface area contributed by atoms with Crippen molar-refractivity contribution in [1.82, 2.24) is 5.32 Å². The highest BCUT2D eigenvalue weighted by Crippen LogP contribution is 2.34. The fraction of sp³-hybridized carbons (Fsp3) is 0.188. The van der Waals surface area contributed by atoms with Crippen molar-refractivity contribution < 1.29 is 19.4 Å². The lowest BCUT2D eigenvalue weighted by Gasteiger charge is -2.08. The number of anilines is 1. The van der Waals surface area contributed by atoms with Crippen LogP contribution >= 0.6 is 0 Å². The Kier molecular flexibility index (Phi) is 4.11. The first-order valence-corrected chi connectivity index (χ1v) is 6.88. The maximum Gasteiger partial charge on any atom is 0.319 e. The van der Waals surface area contributed by atoms with Gasteiger partial charge in [-0.15, -0.1) is 0 Å². The van der Waals surface area contributed by atoms with Gasteiger partial charge in [0.05, 0.1) is 6.61 Å². The molecule has 2 aromatic carbocycles. The van der Waals surface area contributed by atoms with E-state index in [9.17, 15) is 4.79 Å². The van der Waals surface area contributed by atoms with Gasteiger partial charge in [-0.1, -0.05) is 24.3 Å². The molecule has 0 saturated carbocycles. The number of hydrogen-bond donors (Lipinski definition) is 3. The molecule has 0 aliphatic carbocycles. The zero-order chi connectivity index (χ0) is 15.4. The summed E-state index contributed by atoms with van der Waals surface area (Å²) in [5.41, 5.74) is 2.43. The number of ether oxygens (including phenoxy) is 2. The molecule has 0 radical (unpaired) electrons. The Hall–Kier alpha value is -2.73. The maximum absolute atomic E-state index is 11.9. The van der Waals surface area contributed by atoms with E-state index in [0.717, 1.165) is 11.1 Å². The van der Waals surface area contributed by atoms with Gasteiger partial charge in [-0.2, -0.15) is 0 Å². The molecule has 6 nitrogen and oxygen atoms in total. The summed E-state index contributed by atoms with van der Waals surface area (Å²) < 4.78 is 10.5. The van der Waals surface area contributed by atoms with E-state index in [0.29, 0.717) is 23.7 Å². The van der Waals surface area contributed by atoms with E-state index in [-0.39, 0.29) is 19.4 Å². The lowest BCUT2D eigenvalue weighted by Crippen LogP contribution is -2.28. The summed E-state index contributed by atoms with van der Waals surface area (Å²) in [6.07, 6.45) is 0. The maximum atomic E-state index is 11.9. The van der Waals surface area contributed by atoms with Gasteiger partial charge in [0.2, 0.25) is 6.79 Å². The van der Waals surface area contributed by atoms with Crippen LogP contribution in [0.15, 0.2) is 42.5 Å². The van der Waals surface area contributed by atoms with Gasteiger partial charge in [0.25, 0.3) is 0 Å². The zero-order valence-corrected chi connectivity index (χ0v) is 11.8. The first kappa shape index (κ1) is 14.2. The molecule has 0 unspecified atom stereocenters. The van der Waals surface area contributed by atoms with Gasteiger partial charge in [0.1, 0.15) is 0 Å². The van der Waals surface area contributed by atoms with Crippen LogP contribution in [-0.4, -0.2) is 17.9 Å². The zero-order valence-electron chi connectivity index (χ0n) is 11.8. The summed E-state index contributed by atoms with van der Waals surface area (Å²) in [5, 5.41) is 14.5. The SMILES string of the molecule is O=C(NCc1ccc(CO)cc1)Nc1ccc2c(c1)OCO2. The van der Waals surface area contributed by atoms with Crippen LogP contribution in [-0.2, 0) is 13.2 Å². The molecule has 6 heteroatoms. The van der Waals surface area contributed by atoms with Gasteiger partial charge in [0.15, 0.2) is 11.5 Å². The smallest absolute Gasteiger partial charge is 0.319 e. The Morgan fingerprint density at radius 3 is 2.55 bits per heavy atom. The Balaban J connectivity index is 1.53. The molecule has 2 aromatic rings. The van der Waals surface area contributed by atoms with Crippen molar-refractivity contribution in [2.24, 2.45) is 0 Å². The number of aliphatic hydroxyl groups excluding tert-OH is 1. The number of benzene rings is 2. The molecule has 114 valence electrons. The van der Waals surface area contributed by atoms with Crippen molar-refractivity contribution in [3.05, 3.63) is 53.6 Å². The highest BCUT2D eigenvalue weighted by Gasteiger charge is 2.13. The van der Waals surface area contributed by atoms with Crippen molar-refractivity contribution >= 4 is 11.7 Å². The molecule has 3 N–H and O–H groups in total. The van der Waals surface area contributed by atoms with Crippen LogP contribution in [0.3, 0.4) is 0 Å². The van der Waals surface area contributed by atoms with E-state index in [1.165, 1.54) is 0 Å². The molecule has 0 fully saturated rings. The minimum Gasteiger partial charge on any atom is -0.454 e. The number of fused-ring (bicyclic) bond motifs is 1. The van der Waals surface area contributed by atoms with Crippen molar-refractivity contribution in [3.63, 3.8) is 0 Å². The third-order valence-corrected chi connectivity index (χ3v) is 3.29. The molecule has 0 saturated heterocycles. The molecule has 0 atom stereocenters. The molecule has 1 heterocycles. The standard InChI is InChI=1S/C16H16N2O4/c19-9-12-3-1-11(2-4-12)8-17-16(20)18-13-5-6-14-15(7-13)22-10-21-14/h1-7,19H,8-10H2,(H2,17,18,20). The van der Waals surface area contributed by atoms with Crippen LogP contribution in [0.25, 0.3) is 0 Å². The number of rotatable bonds is 4. The second kappa shape index (κ2) is 6.36. The average molecular weight is 300 g/mol. The van der Waals surface area contributed by atoms with Gasteiger partial charge in [-0.05, 0) is 23.3 Å². The Morgan fingerprint density at radius 2 is 1.77 bits per heavy atom. The fourth-order valence-corrected chi connectivity index (χ4v) is 2.09. The van der Waals surface area contributed by atoms with Gasteiger partial charge in [-0.3, -0.25) is 0 Å². The minimum absolute atomic E-state index is 0.0122. The monoisotopic (exact) mass is 300 g/mol.